The Hall–Kier alpha value is -2.34. The molecule has 1 aromatic carbocycles. The molecule has 2 saturated heterocycles. The van der Waals surface area contributed by atoms with E-state index < -0.39 is 0 Å². The average molecular weight is 366 g/mol. The van der Waals surface area contributed by atoms with E-state index in [9.17, 15) is 4.79 Å². The summed E-state index contributed by atoms with van der Waals surface area (Å²) in [5.41, 5.74) is 4.28. The molecule has 3 heterocycles. The van der Waals surface area contributed by atoms with Crippen LogP contribution in [0.25, 0.3) is 0 Å². The molecule has 3 aliphatic rings. The lowest BCUT2D eigenvalue weighted by molar-refractivity contribution is 0.0761. The number of aromatic amines is 1. The monoisotopic (exact) mass is 366 g/mol. The minimum Gasteiger partial charge on any atom is -0.497 e. The molecule has 3 atom stereocenters. The van der Waals surface area contributed by atoms with Crippen molar-refractivity contribution in [2.24, 2.45) is 11.8 Å². The second-order valence-corrected chi connectivity index (χ2v) is 8.17. The van der Waals surface area contributed by atoms with Gasteiger partial charge in [0, 0.05) is 42.9 Å². The lowest BCUT2D eigenvalue weighted by atomic mass is 9.89. The molecule has 1 aromatic heterocycles. The van der Waals surface area contributed by atoms with Crippen molar-refractivity contribution in [3.63, 3.8) is 0 Å². The fourth-order valence-electron chi connectivity index (χ4n) is 5.37. The molecule has 6 heteroatoms. The smallest absolute Gasteiger partial charge is 0.274 e. The van der Waals surface area contributed by atoms with Gasteiger partial charge >= 0.3 is 0 Å². The highest BCUT2D eigenvalue weighted by atomic mass is 16.5. The van der Waals surface area contributed by atoms with Crippen LogP contribution in [0.3, 0.4) is 0 Å². The first-order valence-electron chi connectivity index (χ1n) is 9.85. The summed E-state index contributed by atoms with van der Waals surface area (Å²) in [7, 11) is 3.89. The third-order valence-corrected chi connectivity index (χ3v) is 6.65. The Morgan fingerprint density at radius 2 is 2.00 bits per heavy atom. The molecule has 0 unspecified atom stereocenters. The van der Waals surface area contributed by atoms with E-state index in [1.807, 2.05) is 17.0 Å². The number of H-pyrrole nitrogens is 1. The van der Waals surface area contributed by atoms with E-state index in [1.54, 1.807) is 7.11 Å². The van der Waals surface area contributed by atoms with Gasteiger partial charge in [0.15, 0.2) is 5.69 Å². The fraction of sp³-hybridized carbons (Fsp3) is 0.524. The van der Waals surface area contributed by atoms with Gasteiger partial charge in [-0.05, 0) is 49.9 Å². The molecule has 27 heavy (non-hydrogen) atoms. The average Bonchev–Trinajstić information content (AvgIpc) is 3.41. The molecule has 1 aliphatic carbocycles. The third-order valence-electron chi connectivity index (χ3n) is 6.65. The van der Waals surface area contributed by atoms with Crippen LogP contribution < -0.4 is 4.74 Å². The topological polar surface area (TPSA) is 61.5 Å². The highest BCUT2D eigenvalue weighted by Crippen LogP contribution is 2.44. The summed E-state index contributed by atoms with van der Waals surface area (Å²) in [4.78, 5) is 17.6. The van der Waals surface area contributed by atoms with Crippen LogP contribution in [0.2, 0.25) is 0 Å². The zero-order chi connectivity index (χ0) is 18.5. The summed E-state index contributed by atoms with van der Waals surface area (Å²) in [5, 5.41) is 7.42. The van der Waals surface area contributed by atoms with E-state index >= 15 is 0 Å². The highest BCUT2D eigenvalue weighted by Gasteiger charge is 2.47. The number of aromatic nitrogens is 2. The number of hydrogen-bond donors (Lipinski definition) is 1. The largest absolute Gasteiger partial charge is 0.497 e. The Balaban J connectivity index is 1.36. The van der Waals surface area contributed by atoms with E-state index in [0.29, 0.717) is 23.6 Å². The summed E-state index contributed by atoms with van der Waals surface area (Å²) in [6.07, 6.45) is 3.12. The number of hydrogen-bond acceptors (Lipinski definition) is 4. The van der Waals surface area contributed by atoms with Crippen LogP contribution in [0.5, 0.6) is 5.75 Å². The fourth-order valence-corrected chi connectivity index (χ4v) is 5.37. The van der Waals surface area contributed by atoms with Crippen molar-refractivity contribution < 1.29 is 9.53 Å². The van der Waals surface area contributed by atoms with Crippen LogP contribution in [-0.2, 0) is 12.8 Å². The Morgan fingerprint density at radius 1 is 1.19 bits per heavy atom. The Labute approximate surface area is 159 Å². The van der Waals surface area contributed by atoms with Gasteiger partial charge in [-0.15, -0.1) is 0 Å². The SMILES string of the molecule is COc1ccc([C@@H]2[C@@H]3CN(C(=O)c4n[nH]c5c4CCC5)C[C@@H]3CN2C)cc1. The summed E-state index contributed by atoms with van der Waals surface area (Å²) >= 11 is 0. The van der Waals surface area contributed by atoms with Crippen LogP contribution in [-0.4, -0.2) is 59.7 Å². The predicted molar refractivity (Wildman–Crippen MR) is 102 cm³/mol. The minimum absolute atomic E-state index is 0.111. The zero-order valence-electron chi connectivity index (χ0n) is 15.9. The van der Waals surface area contributed by atoms with Gasteiger partial charge in [-0.25, -0.2) is 0 Å². The molecule has 0 radical (unpaired) electrons. The molecular weight excluding hydrogens is 340 g/mol. The van der Waals surface area contributed by atoms with E-state index in [4.69, 9.17) is 4.74 Å². The van der Waals surface area contributed by atoms with E-state index in [2.05, 4.69) is 34.3 Å². The molecule has 1 amide bonds. The summed E-state index contributed by atoms with van der Waals surface area (Å²) in [6, 6.07) is 8.73. The number of likely N-dealkylation sites (tertiary alicyclic amines) is 2. The number of amides is 1. The van der Waals surface area contributed by atoms with Crippen molar-refractivity contribution in [2.45, 2.75) is 25.3 Å². The van der Waals surface area contributed by atoms with Gasteiger partial charge in [-0.3, -0.25) is 14.8 Å². The number of nitrogens with zero attached hydrogens (tertiary/aromatic N) is 3. The molecule has 0 spiro atoms. The summed E-state index contributed by atoms with van der Waals surface area (Å²) in [5.74, 6) is 1.99. The highest BCUT2D eigenvalue weighted by molar-refractivity contribution is 5.94. The molecule has 6 nitrogen and oxygen atoms in total. The maximum Gasteiger partial charge on any atom is 0.274 e. The second kappa shape index (κ2) is 6.37. The van der Waals surface area contributed by atoms with Crippen molar-refractivity contribution in [3.8, 4) is 5.75 Å². The Morgan fingerprint density at radius 3 is 2.78 bits per heavy atom. The summed E-state index contributed by atoms with van der Waals surface area (Å²) < 4.78 is 5.30. The minimum atomic E-state index is 0.111. The molecule has 1 N–H and O–H groups in total. The van der Waals surface area contributed by atoms with Crippen LogP contribution in [0.1, 0.15) is 39.8 Å². The van der Waals surface area contributed by atoms with Crippen LogP contribution in [0.4, 0.5) is 0 Å². The van der Waals surface area contributed by atoms with Gasteiger partial charge in [0.1, 0.15) is 5.75 Å². The second-order valence-electron chi connectivity index (χ2n) is 8.17. The third kappa shape index (κ3) is 2.65. The van der Waals surface area contributed by atoms with Crippen molar-refractivity contribution >= 4 is 5.91 Å². The van der Waals surface area contributed by atoms with Crippen molar-refractivity contribution in [1.29, 1.82) is 0 Å². The molecule has 0 bridgehead atoms. The number of carbonyl (C=O) groups is 1. The van der Waals surface area contributed by atoms with Crippen molar-refractivity contribution in [1.82, 2.24) is 20.0 Å². The molecule has 5 rings (SSSR count). The first kappa shape index (κ1) is 16.8. The zero-order valence-corrected chi connectivity index (χ0v) is 15.9. The van der Waals surface area contributed by atoms with Crippen molar-refractivity contribution in [2.75, 3.05) is 33.8 Å². The first-order valence-corrected chi connectivity index (χ1v) is 9.85. The van der Waals surface area contributed by atoms with Crippen LogP contribution in [0, 0.1) is 11.8 Å². The van der Waals surface area contributed by atoms with Crippen LogP contribution >= 0.6 is 0 Å². The molecule has 2 fully saturated rings. The van der Waals surface area contributed by atoms with Gasteiger partial charge in [0.25, 0.3) is 5.91 Å². The molecule has 2 aliphatic heterocycles. The maximum atomic E-state index is 13.1. The number of rotatable bonds is 3. The molecular formula is C21H26N4O2. The standard InChI is InChI=1S/C21H26N4O2/c1-24-10-14-11-25(21(26)19-16-4-3-5-18(16)22-23-19)12-17(14)20(24)13-6-8-15(27-2)9-7-13/h6-9,14,17,20H,3-5,10-12H2,1-2H3,(H,22,23)/t14-,17+,20+/m0/s1. The lowest BCUT2D eigenvalue weighted by Gasteiger charge is -2.27. The first-order chi connectivity index (χ1) is 13.2. The number of benzene rings is 1. The lowest BCUT2D eigenvalue weighted by Crippen LogP contribution is -2.34. The number of nitrogens with one attached hydrogen (secondary N) is 1. The quantitative estimate of drug-likeness (QED) is 0.905. The number of aryl methyl sites for hydroxylation is 1. The van der Waals surface area contributed by atoms with E-state index in [1.165, 1.54) is 5.56 Å². The number of methoxy groups -OCH3 is 1. The van der Waals surface area contributed by atoms with Crippen molar-refractivity contribution in [3.05, 3.63) is 46.8 Å². The summed E-state index contributed by atoms with van der Waals surface area (Å²) in [6.45, 7) is 2.68. The van der Waals surface area contributed by atoms with Gasteiger partial charge in [-0.2, -0.15) is 5.10 Å². The predicted octanol–water partition coefficient (Wildman–Crippen LogP) is 2.28. The Bertz CT molecular complexity index is 860. The van der Waals surface area contributed by atoms with Gasteiger partial charge < -0.3 is 9.64 Å². The number of ether oxygens (including phenoxy) is 1. The number of fused-ring (bicyclic) bond motifs is 2. The maximum absolute atomic E-state index is 13.1. The molecule has 142 valence electrons. The van der Waals surface area contributed by atoms with Gasteiger partial charge in [-0.1, -0.05) is 12.1 Å². The van der Waals surface area contributed by atoms with Gasteiger partial charge in [0.05, 0.1) is 7.11 Å². The van der Waals surface area contributed by atoms with Crippen LogP contribution in [0.15, 0.2) is 24.3 Å². The molecule has 2 aromatic rings. The molecule has 0 saturated carbocycles. The Kier molecular flexibility index (Phi) is 3.97. The number of carbonyl (C=O) groups excluding carboxylic acids is 1. The van der Waals surface area contributed by atoms with Gasteiger partial charge in [0.2, 0.25) is 0 Å². The normalized spacial score (nSPS) is 27.0. The van der Waals surface area contributed by atoms with E-state index in [0.717, 1.165) is 55.9 Å². The van der Waals surface area contributed by atoms with E-state index in [-0.39, 0.29) is 5.91 Å².